The summed E-state index contributed by atoms with van der Waals surface area (Å²) in [6.45, 7) is 4.50. The van der Waals surface area contributed by atoms with Crippen molar-refractivity contribution in [3.63, 3.8) is 0 Å². The molecule has 1 atom stereocenters. The summed E-state index contributed by atoms with van der Waals surface area (Å²) in [7, 11) is 0. The highest BCUT2D eigenvalue weighted by molar-refractivity contribution is 6.36. The van der Waals surface area contributed by atoms with Crippen molar-refractivity contribution in [2.45, 2.75) is 26.4 Å². The van der Waals surface area contributed by atoms with Gasteiger partial charge in [-0.2, -0.15) is 0 Å². The van der Waals surface area contributed by atoms with E-state index >= 15 is 0 Å². The number of hydrogen-bond donors (Lipinski definition) is 0. The van der Waals surface area contributed by atoms with Crippen molar-refractivity contribution >= 4 is 35.1 Å². The van der Waals surface area contributed by atoms with Crippen molar-refractivity contribution in [3.8, 4) is 11.5 Å². The fraction of sp³-hybridized carbons (Fsp3) is 0.250. The van der Waals surface area contributed by atoms with E-state index in [4.69, 9.17) is 32.7 Å². The highest BCUT2D eigenvalue weighted by Crippen LogP contribution is 2.36. The second kappa shape index (κ2) is 7.51. The van der Waals surface area contributed by atoms with Gasteiger partial charge in [-0.1, -0.05) is 23.2 Å². The summed E-state index contributed by atoms with van der Waals surface area (Å²) in [5.41, 5.74) is 2.29. The van der Waals surface area contributed by atoms with Gasteiger partial charge in [-0.3, -0.25) is 4.79 Å². The van der Waals surface area contributed by atoms with E-state index in [1.807, 2.05) is 26.0 Å². The SMILES string of the molecule is CCOc1cc2c(cc1/C=C/C(=O)c1cc(Cl)ccc1Cl)O[C@H](C)C2. The lowest BCUT2D eigenvalue weighted by Crippen LogP contribution is -2.05. The molecule has 0 fully saturated rings. The van der Waals surface area contributed by atoms with Crippen LogP contribution in [-0.2, 0) is 6.42 Å². The van der Waals surface area contributed by atoms with E-state index < -0.39 is 0 Å². The second-order valence-electron chi connectivity index (χ2n) is 5.89. The maximum absolute atomic E-state index is 12.4. The average Bonchev–Trinajstić information content (AvgIpc) is 2.93. The molecule has 0 bridgehead atoms. The molecule has 130 valence electrons. The van der Waals surface area contributed by atoms with Crippen molar-refractivity contribution in [1.29, 1.82) is 0 Å². The van der Waals surface area contributed by atoms with Gasteiger partial charge in [0, 0.05) is 28.1 Å². The molecule has 0 saturated heterocycles. The molecule has 0 amide bonds. The molecule has 1 aliphatic rings. The van der Waals surface area contributed by atoms with Crippen LogP contribution in [0.15, 0.2) is 36.4 Å². The molecule has 0 saturated carbocycles. The first-order chi connectivity index (χ1) is 12.0. The van der Waals surface area contributed by atoms with Gasteiger partial charge in [0.25, 0.3) is 0 Å². The molecule has 2 aromatic carbocycles. The number of hydrogen-bond acceptors (Lipinski definition) is 3. The molecule has 5 heteroatoms. The Balaban J connectivity index is 1.91. The average molecular weight is 377 g/mol. The summed E-state index contributed by atoms with van der Waals surface area (Å²) in [6.07, 6.45) is 4.20. The van der Waals surface area contributed by atoms with Gasteiger partial charge >= 0.3 is 0 Å². The molecular formula is C20H18Cl2O3. The number of rotatable bonds is 5. The maximum Gasteiger partial charge on any atom is 0.187 e. The lowest BCUT2D eigenvalue weighted by molar-refractivity contribution is 0.104. The van der Waals surface area contributed by atoms with E-state index in [9.17, 15) is 4.79 Å². The van der Waals surface area contributed by atoms with E-state index in [1.54, 1.807) is 24.3 Å². The number of benzene rings is 2. The van der Waals surface area contributed by atoms with Crippen LogP contribution < -0.4 is 9.47 Å². The van der Waals surface area contributed by atoms with Gasteiger partial charge in [0.2, 0.25) is 0 Å². The maximum atomic E-state index is 12.4. The standard InChI is InChI=1S/C20H18Cl2O3/c1-3-24-19-10-14-8-12(2)25-20(14)9-13(19)4-7-18(23)16-11-15(21)5-6-17(16)22/h4-7,9-12H,3,8H2,1-2H3/b7-4+/t12-/m1/s1. The van der Waals surface area contributed by atoms with Crippen LogP contribution in [0, 0.1) is 0 Å². The zero-order valence-electron chi connectivity index (χ0n) is 14.0. The Morgan fingerprint density at radius 3 is 2.88 bits per heavy atom. The summed E-state index contributed by atoms with van der Waals surface area (Å²) in [5.74, 6) is 1.36. The minimum Gasteiger partial charge on any atom is -0.493 e. The van der Waals surface area contributed by atoms with Crippen molar-refractivity contribution in [2.75, 3.05) is 6.61 Å². The Bertz CT molecular complexity index is 843. The molecule has 0 unspecified atom stereocenters. The highest BCUT2D eigenvalue weighted by Gasteiger charge is 2.21. The van der Waals surface area contributed by atoms with Gasteiger partial charge < -0.3 is 9.47 Å². The minimum absolute atomic E-state index is 0.149. The number of allylic oxidation sites excluding steroid dienone is 1. The summed E-state index contributed by atoms with van der Waals surface area (Å²) in [5, 5.41) is 0.839. The van der Waals surface area contributed by atoms with Crippen LogP contribution in [0.5, 0.6) is 11.5 Å². The van der Waals surface area contributed by atoms with Crippen molar-refractivity contribution < 1.29 is 14.3 Å². The summed E-state index contributed by atoms with van der Waals surface area (Å²) in [6, 6.07) is 8.72. The van der Waals surface area contributed by atoms with E-state index in [1.165, 1.54) is 6.08 Å². The molecule has 3 rings (SSSR count). The zero-order valence-corrected chi connectivity index (χ0v) is 15.5. The third-order valence-electron chi connectivity index (χ3n) is 3.94. The van der Waals surface area contributed by atoms with Crippen LogP contribution in [-0.4, -0.2) is 18.5 Å². The topological polar surface area (TPSA) is 35.5 Å². The number of ketones is 1. The first kappa shape index (κ1) is 17.8. The van der Waals surface area contributed by atoms with E-state index in [2.05, 4.69) is 0 Å². The van der Waals surface area contributed by atoms with Crippen molar-refractivity contribution in [2.24, 2.45) is 0 Å². The molecule has 2 aromatic rings. The molecule has 3 nitrogen and oxygen atoms in total. The molecule has 0 N–H and O–H groups in total. The number of ether oxygens (including phenoxy) is 2. The number of halogens is 2. The van der Waals surface area contributed by atoms with Crippen LogP contribution in [0.4, 0.5) is 0 Å². The fourth-order valence-corrected chi connectivity index (χ4v) is 3.19. The monoisotopic (exact) mass is 376 g/mol. The van der Waals surface area contributed by atoms with Gasteiger partial charge in [0.15, 0.2) is 5.78 Å². The normalized spacial score (nSPS) is 15.9. The van der Waals surface area contributed by atoms with Gasteiger partial charge in [-0.25, -0.2) is 0 Å². The minimum atomic E-state index is -0.218. The highest BCUT2D eigenvalue weighted by atomic mass is 35.5. The molecule has 0 spiro atoms. The van der Waals surface area contributed by atoms with Gasteiger partial charge in [0.1, 0.15) is 17.6 Å². The summed E-state index contributed by atoms with van der Waals surface area (Å²) < 4.78 is 11.5. The Hall–Kier alpha value is -1.97. The molecule has 0 aromatic heterocycles. The largest absolute Gasteiger partial charge is 0.493 e. The molecule has 1 heterocycles. The van der Waals surface area contributed by atoms with Gasteiger partial charge in [0.05, 0.1) is 11.6 Å². The van der Waals surface area contributed by atoms with Gasteiger partial charge in [-0.15, -0.1) is 0 Å². The third kappa shape index (κ3) is 4.00. The molecular weight excluding hydrogens is 359 g/mol. The van der Waals surface area contributed by atoms with Gasteiger partial charge in [-0.05, 0) is 56.3 Å². The molecule has 25 heavy (non-hydrogen) atoms. The smallest absolute Gasteiger partial charge is 0.187 e. The van der Waals surface area contributed by atoms with Crippen molar-refractivity contribution in [3.05, 3.63) is 63.1 Å². The number of fused-ring (bicyclic) bond motifs is 1. The Morgan fingerprint density at radius 2 is 2.12 bits per heavy atom. The van der Waals surface area contributed by atoms with E-state index in [0.717, 1.165) is 29.0 Å². The Kier molecular flexibility index (Phi) is 5.36. The fourth-order valence-electron chi connectivity index (χ4n) is 2.81. The molecule has 0 radical (unpaired) electrons. The summed E-state index contributed by atoms with van der Waals surface area (Å²) >= 11 is 12.0. The van der Waals surface area contributed by atoms with Crippen LogP contribution in [0.3, 0.4) is 0 Å². The lowest BCUT2D eigenvalue weighted by Gasteiger charge is -2.10. The molecule has 1 aliphatic heterocycles. The first-order valence-electron chi connectivity index (χ1n) is 8.11. The third-order valence-corrected chi connectivity index (χ3v) is 4.50. The van der Waals surface area contributed by atoms with Crippen LogP contribution in [0.2, 0.25) is 10.0 Å². The lowest BCUT2D eigenvalue weighted by atomic mass is 10.0. The second-order valence-corrected chi connectivity index (χ2v) is 6.73. The predicted octanol–water partition coefficient (Wildman–Crippen LogP) is 5.61. The zero-order chi connectivity index (χ0) is 18.0. The number of carbonyl (C=O) groups is 1. The van der Waals surface area contributed by atoms with E-state index in [-0.39, 0.29) is 11.9 Å². The van der Waals surface area contributed by atoms with Crippen molar-refractivity contribution in [1.82, 2.24) is 0 Å². The summed E-state index contributed by atoms with van der Waals surface area (Å²) in [4.78, 5) is 12.4. The Labute approximate surface area is 157 Å². The predicted molar refractivity (Wildman–Crippen MR) is 101 cm³/mol. The van der Waals surface area contributed by atoms with Crippen LogP contribution >= 0.6 is 23.2 Å². The number of carbonyl (C=O) groups excluding carboxylic acids is 1. The van der Waals surface area contributed by atoms with Crippen LogP contribution in [0.1, 0.15) is 35.3 Å². The molecule has 0 aliphatic carbocycles. The first-order valence-corrected chi connectivity index (χ1v) is 8.87. The quantitative estimate of drug-likeness (QED) is 0.502. The Morgan fingerprint density at radius 1 is 1.32 bits per heavy atom. The van der Waals surface area contributed by atoms with Crippen LogP contribution in [0.25, 0.3) is 6.08 Å². The van der Waals surface area contributed by atoms with E-state index in [0.29, 0.717) is 22.2 Å².